The minimum absolute atomic E-state index is 0.892. The average Bonchev–Trinajstić information content (AvgIpc) is 3.67. The highest BCUT2D eigenvalue weighted by Crippen LogP contribution is 2.44. The van der Waals surface area contributed by atoms with Gasteiger partial charge in [-0.3, -0.25) is 0 Å². The molecule has 11 aromatic rings. The van der Waals surface area contributed by atoms with E-state index in [1.165, 1.54) is 54.9 Å². The lowest BCUT2D eigenvalue weighted by atomic mass is 9.96. The van der Waals surface area contributed by atoms with Gasteiger partial charge in [-0.1, -0.05) is 170 Å². The molecule has 0 amide bonds. The van der Waals surface area contributed by atoms with Gasteiger partial charge in [0.2, 0.25) is 0 Å². The van der Waals surface area contributed by atoms with Crippen molar-refractivity contribution >= 4 is 60.5 Å². The van der Waals surface area contributed by atoms with E-state index < -0.39 is 0 Å². The summed E-state index contributed by atoms with van der Waals surface area (Å²) in [5, 5.41) is 7.23. The number of hydrogen-bond donors (Lipinski definition) is 0. The number of fused-ring (bicyclic) bond motifs is 5. The van der Waals surface area contributed by atoms with Crippen molar-refractivity contribution in [3.63, 3.8) is 0 Å². The van der Waals surface area contributed by atoms with E-state index in [2.05, 4.69) is 217 Å². The Balaban J connectivity index is 1.02. The molecule has 0 radical (unpaired) electrons. The van der Waals surface area contributed by atoms with Crippen LogP contribution in [0.5, 0.6) is 0 Å². The molecule has 0 saturated heterocycles. The lowest BCUT2D eigenvalue weighted by Gasteiger charge is -2.28. The smallest absolute Gasteiger partial charge is 0.135 e. The molecule has 0 aliphatic rings. The van der Waals surface area contributed by atoms with E-state index in [0.29, 0.717) is 0 Å². The van der Waals surface area contributed by atoms with Crippen molar-refractivity contribution in [1.29, 1.82) is 0 Å². The van der Waals surface area contributed by atoms with Crippen molar-refractivity contribution in [2.75, 3.05) is 4.90 Å². The number of rotatable bonds is 7. The molecule has 1 aromatic heterocycles. The third-order valence-corrected chi connectivity index (χ3v) is 11.5. The molecule has 10 aromatic carbocycles. The standard InChI is InChI=1S/C56H37NO/c1-2-13-43-35-45(28-25-38(43)11-1)44-15-9-16-48(36-44)57(54-21-7-5-18-51(54)46-31-34-56-53(37-46)52-19-6-8-22-55(52)58-56)47-32-29-40(30-33-47)39-23-26-42(27-24-39)50-20-10-14-41-12-3-4-17-49(41)50/h1-37H. The van der Waals surface area contributed by atoms with Gasteiger partial charge in [-0.2, -0.15) is 0 Å². The minimum atomic E-state index is 0.892. The molecule has 0 bridgehead atoms. The predicted molar refractivity (Wildman–Crippen MR) is 245 cm³/mol. The highest BCUT2D eigenvalue weighted by Gasteiger charge is 2.19. The first kappa shape index (κ1) is 33.6. The molecule has 0 fully saturated rings. The highest BCUT2D eigenvalue weighted by atomic mass is 16.3. The molecule has 0 aliphatic carbocycles. The summed E-state index contributed by atoms with van der Waals surface area (Å²) < 4.78 is 6.22. The Hall–Kier alpha value is -7.68. The molecule has 0 aliphatic heterocycles. The first-order valence-electron chi connectivity index (χ1n) is 19.8. The van der Waals surface area contributed by atoms with Crippen molar-refractivity contribution in [1.82, 2.24) is 0 Å². The van der Waals surface area contributed by atoms with Crippen molar-refractivity contribution in [3.8, 4) is 44.5 Å². The van der Waals surface area contributed by atoms with E-state index in [0.717, 1.165) is 50.1 Å². The Morgan fingerprint density at radius 2 is 0.862 bits per heavy atom. The van der Waals surface area contributed by atoms with Crippen molar-refractivity contribution in [3.05, 3.63) is 224 Å². The first-order chi connectivity index (χ1) is 28.7. The summed E-state index contributed by atoms with van der Waals surface area (Å²) in [4.78, 5) is 2.39. The van der Waals surface area contributed by atoms with E-state index in [1.807, 2.05) is 12.1 Å². The fourth-order valence-electron chi connectivity index (χ4n) is 8.55. The SMILES string of the molecule is c1cc(-c2ccc3ccccc3c2)cc(N(c2ccc(-c3ccc(-c4cccc5ccccc45)cc3)cc2)c2ccccc2-c2ccc3oc4ccccc4c3c2)c1. The Kier molecular flexibility index (Phi) is 8.19. The summed E-state index contributed by atoms with van der Waals surface area (Å²) >= 11 is 0. The Bertz CT molecular complexity index is 3280. The van der Waals surface area contributed by atoms with Gasteiger partial charge in [0.05, 0.1) is 5.69 Å². The molecule has 2 nitrogen and oxygen atoms in total. The molecular weight excluding hydrogens is 703 g/mol. The summed E-state index contributed by atoms with van der Waals surface area (Å²) in [6.45, 7) is 0. The third kappa shape index (κ3) is 6.00. The molecule has 0 saturated carbocycles. The van der Waals surface area contributed by atoms with E-state index in [9.17, 15) is 0 Å². The normalized spacial score (nSPS) is 11.4. The summed E-state index contributed by atoms with van der Waals surface area (Å²) in [6, 6.07) is 80.8. The van der Waals surface area contributed by atoms with Crippen LogP contribution in [0.3, 0.4) is 0 Å². The average molecular weight is 740 g/mol. The van der Waals surface area contributed by atoms with Crippen molar-refractivity contribution < 1.29 is 4.42 Å². The second kappa shape index (κ2) is 14.1. The molecule has 11 rings (SSSR count). The van der Waals surface area contributed by atoms with Crippen molar-refractivity contribution in [2.45, 2.75) is 0 Å². The van der Waals surface area contributed by atoms with Crippen LogP contribution < -0.4 is 4.90 Å². The van der Waals surface area contributed by atoms with Gasteiger partial charge in [0.15, 0.2) is 0 Å². The maximum absolute atomic E-state index is 6.22. The van der Waals surface area contributed by atoms with Crippen LogP contribution in [0.25, 0.3) is 88.0 Å². The lowest BCUT2D eigenvalue weighted by Crippen LogP contribution is -2.11. The molecule has 2 heteroatoms. The maximum Gasteiger partial charge on any atom is 0.135 e. The molecule has 0 atom stereocenters. The van der Waals surface area contributed by atoms with Gasteiger partial charge in [-0.25, -0.2) is 0 Å². The predicted octanol–water partition coefficient (Wildman–Crippen LogP) is 16.0. The number of para-hydroxylation sites is 2. The molecule has 0 unspecified atom stereocenters. The second-order valence-electron chi connectivity index (χ2n) is 14.9. The summed E-state index contributed by atoms with van der Waals surface area (Å²) in [5.41, 5.74) is 14.5. The van der Waals surface area contributed by atoms with Crippen LogP contribution in [-0.2, 0) is 0 Å². The van der Waals surface area contributed by atoms with Gasteiger partial charge in [-0.05, 0) is 115 Å². The molecule has 1 heterocycles. The van der Waals surface area contributed by atoms with Gasteiger partial charge in [0.1, 0.15) is 11.2 Å². The number of hydrogen-bond acceptors (Lipinski definition) is 2. The summed E-state index contributed by atoms with van der Waals surface area (Å²) in [6.07, 6.45) is 0. The van der Waals surface area contributed by atoms with Gasteiger partial charge < -0.3 is 9.32 Å². The highest BCUT2D eigenvalue weighted by molar-refractivity contribution is 6.07. The second-order valence-corrected chi connectivity index (χ2v) is 14.9. The van der Waals surface area contributed by atoms with Crippen molar-refractivity contribution in [2.24, 2.45) is 0 Å². The summed E-state index contributed by atoms with van der Waals surface area (Å²) in [7, 11) is 0. The number of anilines is 3. The zero-order chi connectivity index (χ0) is 38.4. The van der Waals surface area contributed by atoms with E-state index in [1.54, 1.807) is 0 Å². The topological polar surface area (TPSA) is 16.4 Å². The van der Waals surface area contributed by atoms with Gasteiger partial charge in [0.25, 0.3) is 0 Å². The fourth-order valence-corrected chi connectivity index (χ4v) is 8.55. The van der Waals surface area contributed by atoms with Crippen LogP contribution in [0.2, 0.25) is 0 Å². The lowest BCUT2D eigenvalue weighted by molar-refractivity contribution is 0.669. The van der Waals surface area contributed by atoms with Crippen LogP contribution in [0, 0.1) is 0 Å². The zero-order valence-electron chi connectivity index (χ0n) is 31.7. The summed E-state index contributed by atoms with van der Waals surface area (Å²) in [5.74, 6) is 0. The van der Waals surface area contributed by atoms with Gasteiger partial charge in [0, 0.05) is 27.7 Å². The zero-order valence-corrected chi connectivity index (χ0v) is 31.7. The molecular formula is C56H37NO. The maximum atomic E-state index is 6.22. The minimum Gasteiger partial charge on any atom is -0.456 e. The Morgan fingerprint density at radius 3 is 1.72 bits per heavy atom. The molecule has 58 heavy (non-hydrogen) atoms. The van der Waals surface area contributed by atoms with Crippen LogP contribution in [0.1, 0.15) is 0 Å². The largest absolute Gasteiger partial charge is 0.456 e. The van der Waals surface area contributed by atoms with Gasteiger partial charge in [-0.15, -0.1) is 0 Å². The molecule has 0 spiro atoms. The van der Waals surface area contributed by atoms with Crippen LogP contribution in [0.15, 0.2) is 229 Å². The number of nitrogens with zero attached hydrogens (tertiary/aromatic N) is 1. The fraction of sp³-hybridized carbons (Fsp3) is 0. The molecule has 0 N–H and O–H groups in total. The number of furan rings is 1. The van der Waals surface area contributed by atoms with Crippen LogP contribution in [-0.4, -0.2) is 0 Å². The van der Waals surface area contributed by atoms with Gasteiger partial charge >= 0.3 is 0 Å². The number of benzene rings is 10. The Morgan fingerprint density at radius 1 is 0.276 bits per heavy atom. The molecule has 272 valence electrons. The van der Waals surface area contributed by atoms with Crippen LogP contribution >= 0.6 is 0 Å². The quantitative estimate of drug-likeness (QED) is 0.162. The first-order valence-corrected chi connectivity index (χ1v) is 19.8. The monoisotopic (exact) mass is 739 g/mol. The Labute approximate surface area is 337 Å². The van der Waals surface area contributed by atoms with E-state index in [-0.39, 0.29) is 0 Å². The van der Waals surface area contributed by atoms with E-state index >= 15 is 0 Å². The third-order valence-electron chi connectivity index (χ3n) is 11.5. The van der Waals surface area contributed by atoms with E-state index in [4.69, 9.17) is 4.42 Å². The van der Waals surface area contributed by atoms with Crippen LogP contribution in [0.4, 0.5) is 17.1 Å².